The monoisotopic (exact) mass is 356 g/mol. The van der Waals surface area contributed by atoms with E-state index in [-0.39, 0.29) is 18.1 Å². The average Bonchev–Trinajstić information content (AvgIpc) is 3.08. The van der Waals surface area contributed by atoms with E-state index in [1.807, 2.05) is 23.5 Å². The number of anilines is 1. The minimum absolute atomic E-state index is 0.0908. The van der Waals surface area contributed by atoms with Crippen LogP contribution in [-0.4, -0.2) is 32.2 Å². The first-order valence-electron chi connectivity index (χ1n) is 8.78. The van der Waals surface area contributed by atoms with Gasteiger partial charge >= 0.3 is 0 Å². The Kier molecular flexibility index (Phi) is 3.58. The molecule has 3 aliphatic heterocycles. The fourth-order valence-corrected chi connectivity index (χ4v) is 5.41. The van der Waals surface area contributed by atoms with Gasteiger partial charge < -0.3 is 20.1 Å². The zero-order valence-electron chi connectivity index (χ0n) is 13.9. The van der Waals surface area contributed by atoms with Gasteiger partial charge in [-0.3, -0.25) is 4.79 Å². The van der Waals surface area contributed by atoms with Crippen molar-refractivity contribution in [1.29, 1.82) is 0 Å². The fourth-order valence-electron chi connectivity index (χ4n) is 4.00. The predicted molar refractivity (Wildman–Crippen MR) is 97.3 cm³/mol. The molecule has 1 amide bonds. The molecule has 1 aromatic carbocycles. The number of fused-ring (bicyclic) bond motifs is 3. The summed E-state index contributed by atoms with van der Waals surface area (Å²) in [5.74, 6) is 0.639. The third-order valence-electron chi connectivity index (χ3n) is 5.28. The molecule has 2 N–H and O–H groups in total. The molecule has 5 rings (SSSR count). The minimum Gasteiger partial charge on any atom is -0.482 e. The highest BCUT2D eigenvalue weighted by Gasteiger charge is 2.40. The highest BCUT2D eigenvalue weighted by atomic mass is 32.1. The molecule has 3 aliphatic rings. The smallest absolute Gasteiger partial charge is 0.262 e. The molecule has 25 heavy (non-hydrogen) atoms. The number of nitrogens with one attached hydrogen (secondary N) is 2. The van der Waals surface area contributed by atoms with Gasteiger partial charge in [0.15, 0.2) is 6.61 Å². The SMILES string of the molecule is O=C1COc2ccc(-c3cc4c(s3)C3(CCNCC3)OCC4)cc2N1. The van der Waals surface area contributed by atoms with Crippen molar-refractivity contribution in [3.05, 3.63) is 34.7 Å². The number of carbonyl (C=O) groups is 1. The number of piperidine rings is 1. The highest BCUT2D eigenvalue weighted by molar-refractivity contribution is 7.15. The van der Waals surface area contributed by atoms with Gasteiger partial charge in [0.2, 0.25) is 0 Å². The van der Waals surface area contributed by atoms with Gasteiger partial charge in [-0.15, -0.1) is 11.3 Å². The van der Waals surface area contributed by atoms with E-state index in [1.54, 1.807) is 0 Å². The van der Waals surface area contributed by atoms with Crippen LogP contribution in [0.4, 0.5) is 5.69 Å². The summed E-state index contributed by atoms with van der Waals surface area (Å²) in [5.41, 5.74) is 3.19. The van der Waals surface area contributed by atoms with Gasteiger partial charge in [-0.05, 0) is 67.7 Å². The Morgan fingerprint density at radius 3 is 2.92 bits per heavy atom. The van der Waals surface area contributed by atoms with E-state index >= 15 is 0 Å². The van der Waals surface area contributed by atoms with Crippen LogP contribution in [0.3, 0.4) is 0 Å². The first kappa shape index (κ1) is 15.4. The van der Waals surface area contributed by atoms with Gasteiger partial charge in [0.1, 0.15) is 11.4 Å². The second-order valence-electron chi connectivity index (χ2n) is 6.86. The first-order chi connectivity index (χ1) is 12.2. The summed E-state index contributed by atoms with van der Waals surface area (Å²) in [5, 5.41) is 6.33. The Balaban J connectivity index is 1.54. The standard InChI is InChI=1S/C19H20N2O3S/c22-17-11-23-15-2-1-12(9-14(15)21-17)16-10-13-3-8-24-19(18(13)25-16)4-6-20-7-5-19/h1-2,9-10,20H,3-8,11H2,(H,21,22). The van der Waals surface area contributed by atoms with Crippen LogP contribution in [0.1, 0.15) is 23.3 Å². The normalized spacial score (nSPS) is 21.2. The van der Waals surface area contributed by atoms with Gasteiger partial charge in [0.25, 0.3) is 5.91 Å². The number of ether oxygens (including phenoxy) is 2. The number of benzene rings is 1. The minimum atomic E-state index is -0.104. The van der Waals surface area contributed by atoms with Crippen LogP contribution in [-0.2, 0) is 21.6 Å². The first-order valence-corrected chi connectivity index (χ1v) is 9.60. The maximum absolute atomic E-state index is 11.6. The second kappa shape index (κ2) is 5.83. The quantitative estimate of drug-likeness (QED) is 0.825. The fraction of sp³-hybridized carbons (Fsp3) is 0.421. The zero-order chi connectivity index (χ0) is 16.9. The molecule has 5 nitrogen and oxygen atoms in total. The van der Waals surface area contributed by atoms with Crippen LogP contribution in [0.25, 0.3) is 10.4 Å². The Morgan fingerprint density at radius 2 is 2.04 bits per heavy atom. The molecule has 1 saturated heterocycles. The Hall–Kier alpha value is -1.89. The largest absolute Gasteiger partial charge is 0.482 e. The van der Waals surface area contributed by atoms with Crippen LogP contribution in [0, 0.1) is 0 Å². The summed E-state index contributed by atoms with van der Waals surface area (Å²) in [7, 11) is 0. The molecule has 0 bridgehead atoms. The van der Waals surface area contributed by atoms with Crippen molar-refractivity contribution >= 4 is 22.9 Å². The van der Waals surface area contributed by atoms with Crippen LogP contribution in [0.15, 0.2) is 24.3 Å². The topological polar surface area (TPSA) is 59.6 Å². The van der Waals surface area contributed by atoms with Gasteiger partial charge in [0, 0.05) is 9.75 Å². The van der Waals surface area contributed by atoms with Gasteiger partial charge in [-0.25, -0.2) is 0 Å². The summed E-state index contributed by atoms with van der Waals surface area (Å²) >= 11 is 1.84. The van der Waals surface area contributed by atoms with E-state index in [2.05, 4.69) is 22.8 Å². The number of thiophene rings is 1. The zero-order valence-corrected chi connectivity index (χ0v) is 14.7. The van der Waals surface area contributed by atoms with Gasteiger partial charge in [-0.1, -0.05) is 0 Å². The lowest BCUT2D eigenvalue weighted by molar-refractivity contribution is -0.118. The summed E-state index contributed by atoms with van der Waals surface area (Å²) in [4.78, 5) is 14.2. The molecule has 0 unspecified atom stereocenters. The molecule has 6 heteroatoms. The van der Waals surface area contributed by atoms with E-state index in [4.69, 9.17) is 9.47 Å². The van der Waals surface area contributed by atoms with Crippen molar-refractivity contribution in [1.82, 2.24) is 5.32 Å². The molecule has 0 aliphatic carbocycles. The maximum atomic E-state index is 11.6. The molecule has 0 radical (unpaired) electrons. The van der Waals surface area contributed by atoms with E-state index < -0.39 is 0 Å². The lowest BCUT2D eigenvalue weighted by Crippen LogP contribution is -2.43. The third-order valence-corrected chi connectivity index (χ3v) is 6.69. The average molecular weight is 356 g/mol. The number of amides is 1. The van der Waals surface area contributed by atoms with Crippen LogP contribution >= 0.6 is 11.3 Å². The van der Waals surface area contributed by atoms with Crippen LogP contribution in [0.2, 0.25) is 0 Å². The molecular weight excluding hydrogens is 336 g/mol. The van der Waals surface area contributed by atoms with Crippen LogP contribution in [0.5, 0.6) is 5.75 Å². The van der Waals surface area contributed by atoms with Crippen molar-refractivity contribution < 1.29 is 14.3 Å². The molecule has 130 valence electrons. The predicted octanol–water partition coefficient (Wildman–Crippen LogP) is 2.90. The van der Waals surface area contributed by atoms with Gasteiger partial charge in [-0.2, -0.15) is 0 Å². The number of hydrogen-bond acceptors (Lipinski definition) is 5. The van der Waals surface area contributed by atoms with E-state index in [1.165, 1.54) is 15.3 Å². The second-order valence-corrected chi connectivity index (χ2v) is 7.91. The highest BCUT2D eigenvalue weighted by Crippen LogP contribution is 2.47. The Bertz CT molecular complexity index is 839. The molecule has 2 aromatic rings. The van der Waals surface area contributed by atoms with E-state index in [0.29, 0.717) is 0 Å². The van der Waals surface area contributed by atoms with Crippen molar-refractivity contribution in [2.75, 3.05) is 31.6 Å². The molecule has 1 fully saturated rings. The summed E-state index contributed by atoms with van der Waals surface area (Å²) < 4.78 is 11.7. The lowest BCUT2D eigenvalue weighted by Gasteiger charge is -2.40. The summed E-state index contributed by atoms with van der Waals surface area (Å²) in [6.07, 6.45) is 3.05. The number of carbonyl (C=O) groups excluding carboxylic acids is 1. The summed E-state index contributed by atoms with van der Waals surface area (Å²) in [6.45, 7) is 2.91. The van der Waals surface area contributed by atoms with E-state index in [9.17, 15) is 4.79 Å². The third kappa shape index (κ3) is 2.56. The maximum Gasteiger partial charge on any atom is 0.262 e. The number of hydrogen-bond donors (Lipinski definition) is 2. The Labute approximate surface area is 150 Å². The van der Waals surface area contributed by atoms with Crippen molar-refractivity contribution in [2.45, 2.75) is 24.9 Å². The molecule has 4 heterocycles. The molecule has 1 aromatic heterocycles. The van der Waals surface area contributed by atoms with Crippen molar-refractivity contribution in [3.8, 4) is 16.2 Å². The lowest BCUT2D eigenvalue weighted by atomic mass is 9.86. The Morgan fingerprint density at radius 1 is 1.16 bits per heavy atom. The molecular formula is C19H20N2O3S. The van der Waals surface area contributed by atoms with Crippen LogP contribution < -0.4 is 15.4 Å². The molecule has 0 atom stereocenters. The molecule has 0 saturated carbocycles. The van der Waals surface area contributed by atoms with Gasteiger partial charge in [0.05, 0.1) is 12.3 Å². The molecule has 1 spiro atoms. The van der Waals surface area contributed by atoms with Crippen molar-refractivity contribution in [3.63, 3.8) is 0 Å². The summed E-state index contributed by atoms with van der Waals surface area (Å²) in [6, 6.07) is 8.34. The van der Waals surface area contributed by atoms with E-state index in [0.717, 1.165) is 56.0 Å². The van der Waals surface area contributed by atoms with Crippen molar-refractivity contribution in [2.24, 2.45) is 0 Å². The number of rotatable bonds is 1.